The van der Waals surface area contributed by atoms with Gasteiger partial charge in [-0.1, -0.05) is 18.2 Å². The third kappa shape index (κ3) is 5.24. The van der Waals surface area contributed by atoms with Crippen molar-refractivity contribution in [2.24, 2.45) is 0 Å². The zero-order valence-corrected chi connectivity index (χ0v) is 15.8. The number of ketones is 1. The predicted octanol–water partition coefficient (Wildman–Crippen LogP) is 3.57. The SMILES string of the molecule is CC(=O)c1ccccc1NC(=O)CN(Cc1cccs1)C[C@H]1CCCO1. The Kier molecular flexibility index (Phi) is 6.55. The third-order valence-electron chi connectivity index (χ3n) is 4.39. The standard InChI is InChI=1S/C20H24N2O3S/c1-15(23)18-8-2-3-9-19(18)21-20(24)14-22(12-16-6-4-10-25-16)13-17-7-5-11-26-17/h2-3,5,7-9,11,16H,4,6,10,12-14H2,1H3,(H,21,24)/t16-/m1/s1. The van der Waals surface area contributed by atoms with E-state index in [0.717, 1.165) is 32.5 Å². The van der Waals surface area contributed by atoms with E-state index in [-0.39, 0.29) is 24.3 Å². The van der Waals surface area contributed by atoms with Crippen LogP contribution in [0.2, 0.25) is 0 Å². The minimum absolute atomic E-state index is 0.0595. The van der Waals surface area contributed by atoms with Crippen LogP contribution in [-0.2, 0) is 16.1 Å². The Bertz CT molecular complexity index is 739. The lowest BCUT2D eigenvalue weighted by Crippen LogP contribution is -2.37. The van der Waals surface area contributed by atoms with Gasteiger partial charge in [0.2, 0.25) is 5.91 Å². The molecule has 1 atom stereocenters. The van der Waals surface area contributed by atoms with E-state index in [4.69, 9.17) is 4.74 Å². The average molecular weight is 372 g/mol. The molecule has 2 aromatic rings. The Balaban J connectivity index is 1.65. The maximum atomic E-state index is 12.6. The molecule has 26 heavy (non-hydrogen) atoms. The summed E-state index contributed by atoms with van der Waals surface area (Å²) in [5.41, 5.74) is 1.10. The fourth-order valence-electron chi connectivity index (χ4n) is 3.18. The summed E-state index contributed by atoms with van der Waals surface area (Å²) in [5.74, 6) is -0.177. The van der Waals surface area contributed by atoms with Gasteiger partial charge in [-0.15, -0.1) is 11.3 Å². The number of amides is 1. The van der Waals surface area contributed by atoms with Crippen LogP contribution in [0, 0.1) is 0 Å². The first-order valence-electron chi connectivity index (χ1n) is 8.88. The first kappa shape index (κ1) is 18.8. The number of carbonyl (C=O) groups excluding carboxylic acids is 2. The summed E-state index contributed by atoms with van der Waals surface area (Å²) in [6.45, 7) is 4.03. The molecule has 1 fully saturated rings. The predicted molar refractivity (Wildman–Crippen MR) is 104 cm³/mol. The summed E-state index contributed by atoms with van der Waals surface area (Å²) in [6.07, 6.45) is 2.30. The van der Waals surface area contributed by atoms with Crippen molar-refractivity contribution >= 4 is 28.7 Å². The summed E-state index contributed by atoms with van der Waals surface area (Å²) >= 11 is 1.69. The van der Waals surface area contributed by atoms with Crippen molar-refractivity contribution in [3.05, 3.63) is 52.2 Å². The zero-order valence-electron chi connectivity index (χ0n) is 14.9. The number of ether oxygens (including phenoxy) is 1. The number of benzene rings is 1. The molecular weight excluding hydrogens is 348 g/mol. The van der Waals surface area contributed by atoms with E-state index in [9.17, 15) is 9.59 Å². The number of rotatable bonds is 8. The Morgan fingerprint density at radius 3 is 2.81 bits per heavy atom. The molecule has 1 aliphatic heterocycles. The normalized spacial score (nSPS) is 16.8. The minimum Gasteiger partial charge on any atom is -0.377 e. The maximum Gasteiger partial charge on any atom is 0.238 e. The van der Waals surface area contributed by atoms with E-state index in [1.807, 2.05) is 17.5 Å². The van der Waals surface area contributed by atoms with Gasteiger partial charge in [0.15, 0.2) is 5.78 Å². The molecule has 1 amide bonds. The zero-order chi connectivity index (χ0) is 18.4. The highest BCUT2D eigenvalue weighted by atomic mass is 32.1. The first-order valence-corrected chi connectivity index (χ1v) is 9.76. The number of nitrogens with one attached hydrogen (secondary N) is 1. The van der Waals surface area contributed by atoms with Crippen LogP contribution in [0.1, 0.15) is 35.0 Å². The van der Waals surface area contributed by atoms with Gasteiger partial charge in [0.05, 0.1) is 18.3 Å². The van der Waals surface area contributed by atoms with Crippen LogP contribution in [-0.4, -0.2) is 42.4 Å². The molecule has 138 valence electrons. The van der Waals surface area contributed by atoms with Crippen molar-refractivity contribution in [1.82, 2.24) is 4.90 Å². The molecule has 0 spiro atoms. The van der Waals surface area contributed by atoms with Crippen molar-refractivity contribution < 1.29 is 14.3 Å². The molecule has 3 rings (SSSR count). The van der Waals surface area contributed by atoms with Crippen LogP contribution in [0.4, 0.5) is 5.69 Å². The van der Waals surface area contributed by atoms with Gasteiger partial charge in [-0.05, 0) is 43.3 Å². The highest BCUT2D eigenvalue weighted by molar-refractivity contribution is 7.09. The van der Waals surface area contributed by atoms with Crippen LogP contribution in [0.5, 0.6) is 0 Å². The Morgan fingerprint density at radius 1 is 1.27 bits per heavy atom. The largest absolute Gasteiger partial charge is 0.377 e. The van der Waals surface area contributed by atoms with Gasteiger partial charge in [0.1, 0.15) is 0 Å². The summed E-state index contributed by atoms with van der Waals surface area (Å²) in [4.78, 5) is 27.7. The second kappa shape index (κ2) is 9.07. The van der Waals surface area contributed by atoms with Gasteiger partial charge in [0.25, 0.3) is 0 Å². The second-order valence-corrected chi connectivity index (χ2v) is 7.57. The summed E-state index contributed by atoms with van der Waals surface area (Å²) in [5, 5.41) is 4.93. The third-order valence-corrected chi connectivity index (χ3v) is 5.25. The number of carbonyl (C=O) groups is 2. The molecule has 5 nitrogen and oxygen atoms in total. The van der Waals surface area contributed by atoms with Crippen molar-refractivity contribution in [3.63, 3.8) is 0 Å². The maximum absolute atomic E-state index is 12.6. The molecule has 6 heteroatoms. The fraction of sp³-hybridized carbons (Fsp3) is 0.400. The smallest absolute Gasteiger partial charge is 0.238 e. The van der Waals surface area contributed by atoms with Gasteiger partial charge in [0, 0.05) is 30.1 Å². The molecular formula is C20H24N2O3S. The van der Waals surface area contributed by atoms with Crippen molar-refractivity contribution in [2.45, 2.75) is 32.4 Å². The number of para-hydroxylation sites is 1. The molecule has 1 N–H and O–H groups in total. The molecule has 0 unspecified atom stereocenters. The van der Waals surface area contributed by atoms with E-state index in [2.05, 4.69) is 16.3 Å². The van der Waals surface area contributed by atoms with Crippen LogP contribution in [0.25, 0.3) is 0 Å². The summed E-state index contributed by atoms with van der Waals surface area (Å²) < 4.78 is 5.74. The lowest BCUT2D eigenvalue weighted by atomic mass is 10.1. The number of anilines is 1. The van der Waals surface area contributed by atoms with E-state index in [1.165, 1.54) is 11.8 Å². The number of nitrogens with zero attached hydrogens (tertiary/aromatic N) is 1. The van der Waals surface area contributed by atoms with E-state index in [1.54, 1.807) is 29.5 Å². The van der Waals surface area contributed by atoms with E-state index < -0.39 is 0 Å². The Hall–Kier alpha value is -2.02. The van der Waals surface area contributed by atoms with Gasteiger partial charge in [-0.3, -0.25) is 14.5 Å². The van der Waals surface area contributed by atoms with Gasteiger partial charge >= 0.3 is 0 Å². The van der Waals surface area contributed by atoms with E-state index >= 15 is 0 Å². The number of hydrogen-bond acceptors (Lipinski definition) is 5. The second-order valence-electron chi connectivity index (χ2n) is 6.53. The number of hydrogen-bond donors (Lipinski definition) is 1. The van der Waals surface area contributed by atoms with Crippen LogP contribution >= 0.6 is 11.3 Å². The Morgan fingerprint density at radius 2 is 2.12 bits per heavy atom. The molecule has 2 heterocycles. The van der Waals surface area contributed by atoms with Crippen molar-refractivity contribution in [3.8, 4) is 0 Å². The molecule has 0 aliphatic carbocycles. The number of thiophene rings is 1. The molecule has 1 aromatic carbocycles. The average Bonchev–Trinajstić information content (AvgIpc) is 3.29. The lowest BCUT2D eigenvalue weighted by Gasteiger charge is -2.24. The topological polar surface area (TPSA) is 58.6 Å². The van der Waals surface area contributed by atoms with Gasteiger partial charge in [-0.25, -0.2) is 0 Å². The van der Waals surface area contributed by atoms with Crippen LogP contribution in [0.3, 0.4) is 0 Å². The molecule has 1 saturated heterocycles. The minimum atomic E-state index is -0.117. The molecule has 0 radical (unpaired) electrons. The van der Waals surface area contributed by atoms with Crippen molar-refractivity contribution in [2.75, 3.05) is 25.0 Å². The summed E-state index contributed by atoms with van der Waals surface area (Å²) in [7, 11) is 0. The van der Waals surface area contributed by atoms with Crippen LogP contribution < -0.4 is 5.32 Å². The van der Waals surface area contributed by atoms with Gasteiger partial charge < -0.3 is 10.1 Å². The quantitative estimate of drug-likeness (QED) is 0.720. The molecule has 0 bridgehead atoms. The van der Waals surface area contributed by atoms with Crippen molar-refractivity contribution in [1.29, 1.82) is 0 Å². The number of Topliss-reactive ketones (excluding diaryl/α,β-unsaturated/α-hetero) is 1. The first-order chi connectivity index (χ1) is 12.6. The Labute approximate surface area is 158 Å². The molecule has 0 saturated carbocycles. The fourth-order valence-corrected chi connectivity index (χ4v) is 3.92. The lowest BCUT2D eigenvalue weighted by molar-refractivity contribution is -0.117. The highest BCUT2D eigenvalue weighted by Crippen LogP contribution is 2.18. The summed E-state index contributed by atoms with van der Waals surface area (Å²) in [6, 6.07) is 11.2. The monoisotopic (exact) mass is 372 g/mol. The molecule has 1 aromatic heterocycles. The molecule has 1 aliphatic rings. The van der Waals surface area contributed by atoms with Gasteiger partial charge in [-0.2, -0.15) is 0 Å². The van der Waals surface area contributed by atoms with E-state index in [0.29, 0.717) is 11.3 Å². The van der Waals surface area contributed by atoms with Crippen LogP contribution in [0.15, 0.2) is 41.8 Å². The highest BCUT2D eigenvalue weighted by Gasteiger charge is 2.21.